The van der Waals surface area contributed by atoms with Gasteiger partial charge >= 0.3 is 0 Å². The smallest absolute Gasteiger partial charge is 0.205 e. The van der Waals surface area contributed by atoms with Crippen molar-refractivity contribution >= 4 is 33.5 Å². The van der Waals surface area contributed by atoms with Gasteiger partial charge in [0, 0.05) is 74.8 Å². The number of H-pyrrole nitrogens is 1. The maximum absolute atomic E-state index is 13.3. The molecule has 0 saturated carbocycles. The third-order valence-electron chi connectivity index (χ3n) is 5.24. The Balaban J connectivity index is 1.29. The van der Waals surface area contributed by atoms with Crippen LogP contribution in [-0.4, -0.2) is 65.0 Å². The van der Waals surface area contributed by atoms with Crippen molar-refractivity contribution in [2.45, 2.75) is 19.8 Å². The van der Waals surface area contributed by atoms with Gasteiger partial charge in [-0.05, 0) is 30.2 Å². The normalized spacial score (nSPS) is 15.3. The van der Waals surface area contributed by atoms with E-state index in [0.29, 0.717) is 0 Å². The molecule has 7 nitrogen and oxygen atoms in total. The molecule has 1 aliphatic heterocycles. The van der Waals surface area contributed by atoms with Gasteiger partial charge in [0.15, 0.2) is 5.96 Å². The second-order valence-corrected chi connectivity index (χ2v) is 7.78. The van der Waals surface area contributed by atoms with Crippen LogP contribution in [0.25, 0.3) is 10.9 Å². The number of benzene rings is 1. The van der Waals surface area contributed by atoms with Gasteiger partial charge in [-0.25, -0.2) is 9.37 Å². The zero-order valence-corrected chi connectivity index (χ0v) is 17.6. The van der Waals surface area contributed by atoms with E-state index in [1.54, 1.807) is 0 Å². The van der Waals surface area contributed by atoms with Gasteiger partial charge in [-0.15, -0.1) is 0 Å². The maximum Gasteiger partial charge on any atom is 0.205 e. The summed E-state index contributed by atoms with van der Waals surface area (Å²) in [5.74, 6) is 1.62. The first-order valence-corrected chi connectivity index (χ1v) is 10.7. The molecule has 1 saturated heterocycles. The predicted molar refractivity (Wildman–Crippen MR) is 116 cm³/mol. The van der Waals surface area contributed by atoms with Crippen LogP contribution in [0.15, 0.2) is 29.4 Å². The summed E-state index contributed by atoms with van der Waals surface area (Å²) >= 11 is 1.48. The number of halogens is 1. The predicted octanol–water partition coefficient (Wildman–Crippen LogP) is 2.66. The molecule has 9 heteroatoms. The summed E-state index contributed by atoms with van der Waals surface area (Å²) in [4.78, 5) is 16.8. The van der Waals surface area contributed by atoms with E-state index in [1.165, 1.54) is 29.2 Å². The van der Waals surface area contributed by atoms with Crippen LogP contribution >= 0.6 is 11.5 Å². The molecule has 3 heterocycles. The monoisotopic (exact) mass is 415 g/mol. The molecule has 154 valence electrons. The Hall–Kier alpha value is -2.68. The third-order valence-corrected chi connectivity index (χ3v) is 6.06. The Kier molecular flexibility index (Phi) is 5.94. The summed E-state index contributed by atoms with van der Waals surface area (Å²) in [5.41, 5.74) is 2.01. The van der Waals surface area contributed by atoms with Crippen molar-refractivity contribution < 1.29 is 4.39 Å². The Bertz CT molecular complexity index is 988. The Labute approximate surface area is 173 Å². The van der Waals surface area contributed by atoms with E-state index in [9.17, 15) is 4.39 Å². The Morgan fingerprint density at radius 1 is 1.31 bits per heavy atom. The van der Waals surface area contributed by atoms with Crippen LogP contribution in [0.4, 0.5) is 9.52 Å². The molecule has 2 aromatic heterocycles. The molecule has 0 unspecified atom stereocenters. The van der Waals surface area contributed by atoms with E-state index in [2.05, 4.69) is 41.4 Å². The quantitative estimate of drug-likeness (QED) is 0.495. The van der Waals surface area contributed by atoms with Gasteiger partial charge in [-0.2, -0.15) is 4.37 Å². The van der Waals surface area contributed by atoms with Gasteiger partial charge in [0.05, 0.1) is 0 Å². The lowest BCUT2D eigenvalue weighted by molar-refractivity contribution is 0.372. The van der Waals surface area contributed by atoms with Crippen molar-refractivity contribution in [1.82, 2.24) is 24.6 Å². The number of aromatic nitrogens is 3. The van der Waals surface area contributed by atoms with Crippen LogP contribution < -0.4 is 10.2 Å². The van der Waals surface area contributed by atoms with Crippen molar-refractivity contribution in [1.29, 1.82) is 0 Å². The van der Waals surface area contributed by atoms with E-state index in [4.69, 9.17) is 0 Å². The standard InChI is InChI=1S/C20H26FN7S/c1-3-18-25-20(29-26-18)28-10-8-27(9-11-28)19(22-2)23-7-6-14-13-24-17-12-15(21)4-5-16(14)17/h4-5,12-13,24H,3,6-11H2,1-2H3,(H,22,23). The number of fused-ring (bicyclic) bond motifs is 1. The number of rotatable bonds is 5. The molecular formula is C20H26FN7S. The Morgan fingerprint density at radius 3 is 2.86 bits per heavy atom. The molecule has 2 N–H and O–H groups in total. The van der Waals surface area contributed by atoms with Crippen LogP contribution in [0, 0.1) is 5.82 Å². The number of nitrogens with one attached hydrogen (secondary N) is 2. The highest BCUT2D eigenvalue weighted by atomic mass is 32.1. The first-order valence-electron chi connectivity index (χ1n) is 9.96. The second kappa shape index (κ2) is 8.77. The Morgan fingerprint density at radius 2 is 2.14 bits per heavy atom. The number of nitrogens with zero attached hydrogens (tertiary/aromatic N) is 5. The summed E-state index contributed by atoms with van der Waals surface area (Å²) in [6, 6.07) is 4.88. The highest BCUT2D eigenvalue weighted by Crippen LogP contribution is 2.20. The minimum atomic E-state index is -0.219. The lowest BCUT2D eigenvalue weighted by Crippen LogP contribution is -2.52. The first kappa shape index (κ1) is 19.6. The summed E-state index contributed by atoms with van der Waals surface area (Å²) in [7, 11) is 1.82. The largest absolute Gasteiger partial charge is 0.361 e. The number of aliphatic imine (C=N–C) groups is 1. The van der Waals surface area contributed by atoms with Gasteiger partial charge in [-0.1, -0.05) is 6.92 Å². The number of anilines is 1. The van der Waals surface area contributed by atoms with Crippen LogP contribution in [0.1, 0.15) is 18.3 Å². The first-order chi connectivity index (χ1) is 14.2. The van der Waals surface area contributed by atoms with Crippen molar-refractivity contribution in [3.63, 3.8) is 0 Å². The minimum Gasteiger partial charge on any atom is -0.361 e. The van der Waals surface area contributed by atoms with Gasteiger partial charge < -0.3 is 20.1 Å². The molecule has 0 atom stereocenters. The van der Waals surface area contributed by atoms with Gasteiger partial charge in [0.25, 0.3) is 0 Å². The molecule has 0 spiro atoms. The molecule has 0 amide bonds. The maximum atomic E-state index is 13.3. The van der Waals surface area contributed by atoms with E-state index in [0.717, 1.165) is 73.4 Å². The fraction of sp³-hybridized carbons (Fsp3) is 0.450. The van der Waals surface area contributed by atoms with E-state index in [-0.39, 0.29) is 5.82 Å². The van der Waals surface area contributed by atoms with Crippen molar-refractivity contribution in [2.24, 2.45) is 4.99 Å². The summed E-state index contributed by atoms with van der Waals surface area (Å²) in [6.07, 6.45) is 3.67. The topological polar surface area (TPSA) is 72.4 Å². The average molecular weight is 416 g/mol. The van der Waals surface area contributed by atoms with Crippen LogP contribution in [0.3, 0.4) is 0 Å². The van der Waals surface area contributed by atoms with Gasteiger partial charge in [-0.3, -0.25) is 4.99 Å². The highest BCUT2D eigenvalue weighted by Gasteiger charge is 2.22. The number of hydrogen-bond donors (Lipinski definition) is 2. The summed E-state index contributed by atoms with van der Waals surface area (Å²) in [5, 5.41) is 5.55. The zero-order valence-electron chi connectivity index (χ0n) is 16.8. The molecule has 29 heavy (non-hydrogen) atoms. The van der Waals surface area contributed by atoms with Gasteiger partial charge in [0.1, 0.15) is 11.6 Å². The fourth-order valence-electron chi connectivity index (χ4n) is 3.63. The number of hydrogen-bond acceptors (Lipinski definition) is 5. The fourth-order valence-corrected chi connectivity index (χ4v) is 4.43. The van der Waals surface area contributed by atoms with Crippen LogP contribution in [0.5, 0.6) is 0 Å². The van der Waals surface area contributed by atoms with E-state index in [1.807, 2.05) is 19.3 Å². The van der Waals surface area contributed by atoms with Gasteiger partial charge in [0.2, 0.25) is 5.13 Å². The van der Waals surface area contributed by atoms with Crippen molar-refractivity contribution in [3.8, 4) is 0 Å². The minimum absolute atomic E-state index is 0.219. The zero-order chi connectivity index (χ0) is 20.2. The molecule has 4 rings (SSSR count). The summed E-state index contributed by atoms with van der Waals surface area (Å²) < 4.78 is 17.7. The number of piperazine rings is 1. The number of aryl methyl sites for hydroxylation is 1. The van der Waals surface area contributed by atoms with Crippen LogP contribution in [0.2, 0.25) is 0 Å². The SMILES string of the molecule is CCc1nsc(N2CCN(C(=NC)NCCc3c[nH]c4cc(F)ccc34)CC2)n1. The molecule has 0 bridgehead atoms. The molecule has 1 fully saturated rings. The van der Waals surface area contributed by atoms with E-state index < -0.39 is 0 Å². The van der Waals surface area contributed by atoms with Crippen molar-refractivity contribution in [2.75, 3.05) is 44.7 Å². The van der Waals surface area contributed by atoms with Crippen molar-refractivity contribution in [3.05, 3.63) is 41.6 Å². The summed E-state index contributed by atoms with van der Waals surface area (Å²) in [6.45, 7) is 6.46. The second-order valence-electron chi connectivity index (χ2n) is 7.05. The highest BCUT2D eigenvalue weighted by molar-refractivity contribution is 7.09. The molecule has 1 aromatic carbocycles. The lowest BCUT2D eigenvalue weighted by atomic mass is 10.1. The third kappa shape index (κ3) is 4.34. The number of guanidine groups is 1. The molecule has 3 aromatic rings. The molecular weight excluding hydrogens is 389 g/mol. The van der Waals surface area contributed by atoms with E-state index >= 15 is 0 Å². The lowest BCUT2D eigenvalue weighted by Gasteiger charge is -2.36. The number of aromatic amines is 1. The average Bonchev–Trinajstić information content (AvgIpc) is 3.38. The molecule has 1 aliphatic rings. The molecule has 0 radical (unpaired) electrons. The molecule has 0 aliphatic carbocycles. The van der Waals surface area contributed by atoms with Crippen LogP contribution in [-0.2, 0) is 12.8 Å².